The number of carboxylic acid groups (broad SMARTS) is 1. The van der Waals surface area contributed by atoms with Gasteiger partial charge in [0.15, 0.2) is 0 Å². The van der Waals surface area contributed by atoms with Crippen molar-refractivity contribution in [3.63, 3.8) is 0 Å². The minimum Gasteiger partial charge on any atom is -0.481 e. The number of rotatable bonds is 4. The highest BCUT2D eigenvalue weighted by molar-refractivity contribution is 5.67. The molecule has 17 heavy (non-hydrogen) atoms. The van der Waals surface area contributed by atoms with Crippen molar-refractivity contribution in [2.24, 2.45) is 0 Å². The van der Waals surface area contributed by atoms with Crippen molar-refractivity contribution in [3.8, 4) is 0 Å². The van der Waals surface area contributed by atoms with Crippen molar-refractivity contribution in [1.29, 1.82) is 0 Å². The molecule has 2 nitrogen and oxygen atoms in total. The molecule has 0 bridgehead atoms. The van der Waals surface area contributed by atoms with E-state index in [9.17, 15) is 4.79 Å². The number of aliphatic carboxylic acids is 1. The van der Waals surface area contributed by atoms with E-state index in [0.29, 0.717) is 6.42 Å². The van der Waals surface area contributed by atoms with Crippen LogP contribution in [0.4, 0.5) is 0 Å². The summed E-state index contributed by atoms with van der Waals surface area (Å²) in [4.78, 5) is 10.5. The summed E-state index contributed by atoms with van der Waals surface area (Å²) < 4.78 is 0. The molecule has 1 aliphatic carbocycles. The Morgan fingerprint density at radius 3 is 2.35 bits per heavy atom. The van der Waals surface area contributed by atoms with E-state index in [2.05, 4.69) is 24.3 Å². The molecule has 1 saturated carbocycles. The molecule has 0 unspecified atom stereocenters. The van der Waals surface area contributed by atoms with Gasteiger partial charge in [-0.1, -0.05) is 43.5 Å². The third kappa shape index (κ3) is 3.58. The monoisotopic (exact) mass is 232 g/mol. The van der Waals surface area contributed by atoms with Crippen LogP contribution >= 0.6 is 0 Å². The maximum Gasteiger partial charge on any atom is 0.303 e. The van der Waals surface area contributed by atoms with Crippen molar-refractivity contribution in [3.05, 3.63) is 35.4 Å². The molecule has 0 radical (unpaired) electrons. The van der Waals surface area contributed by atoms with Gasteiger partial charge in [-0.3, -0.25) is 4.79 Å². The van der Waals surface area contributed by atoms with Gasteiger partial charge < -0.3 is 5.11 Å². The average molecular weight is 232 g/mol. The Kier molecular flexibility index (Phi) is 4.18. The van der Waals surface area contributed by atoms with Crippen LogP contribution in [-0.2, 0) is 11.2 Å². The molecule has 0 aliphatic heterocycles. The summed E-state index contributed by atoms with van der Waals surface area (Å²) >= 11 is 0. The topological polar surface area (TPSA) is 37.3 Å². The van der Waals surface area contributed by atoms with Crippen LogP contribution in [0.2, 0.25) is 0 Å². The second-order valence-corrected chi connectivity index (χ2v) is 4.97. The number of hydrogen-bond acceptors (Lipinski definition) is 1. The van der Waals surface area contributed by atoms with Crippen LogP contribution in [-0.4, -0.2) is 11.1 Å². The van der Waals surface area contributed by atoms with E-state index in [1.54, 1.807) is 0 Å². The van der Waals surface area contributed by atoms with Gasteiger partial charge in [0.2, 0.25) is 0 Å². The fourth-order valence-electron chi connectivity index (χ4n) is 2.64. The molecule has 0 aromatic heterocycles. The summed E-state index contributed by atoms with van der Waals surface area (Å²) in [5.41, 5.74) is 2.57. The minimum absolute atomic E-state index is 0.225. The van der Waals surface area contributed by atoms with Gasteiger partial charge in [-0.05, 0) is 36.3 Å². The number of carboxylic acids is 1. The molecule has 0 atom stereocenters. The zero-order valence-corrected chi connectivity index (χ0v) is 10.2. The molecule has 1 aromatic carbocycles. The predicted molar refractivity (Wildman–Crippen MR) is 68.2 cm³/mol. The first kappa shape index (κ1) is 12.2. The number of aryl methyl sites for hydroxylation is 1. The predicted octanol–water partition coefficient (Wildman–Crippen LogP) is 3.75. The standard InChI is InChI=1S/C15H20O2/c16-15(17)11-8-12-6-9-14(10-7-12)13-4-2-1-3-5-13/h6-7,9-10,13H,1-5,8,11H2,(H,16,17). The molecule has 1 fully saturated rings. The summed E-state index contributed by atoms with van der Waals surface area (Å²) in [6, 6.07) is 8.56. The molecule has 1 aliphatic rings. The Morgan fingerprint density at radius 1 is 1.12 bits per heavy atom. The SMILES string of the molecule is O=C(O)CCc1ccc(C2CCCCC2)cc1. The summed E-state index contributed by atoms with van der Waals surface area (Å²) in [5.74, 6) is 0.0126. The van der Waals surface area contributed by atoms with E-state index >= 15 is 0 Å². The largest absolute Gasteiger partial charge is 0.481 e. The molecule has 0 saturated heterocycles. The Labute approximate surface area is 103 Å². The lowest BCUT2D eigenvalue weighted by atomic mass is 9.84. The van der Waals surface area contributed by atoms with Gasteiger partial charge in [0.05, 0.1) is 0 Å². The van der Waals surface area contributed by atoms with Gasteiger partial charge in [-0.15, -0.1) is 0 Å². The zero-order valence-electron chi connectivity index (χ0n) is 10.2. The van der Waals surface area contributed by atoms with E-state index in [-0.39, 0.29) is 6.42 Å². The molecular formula is C15H20O2. The third-order valence-electron chi connectivity index (χ3n) is 3.68. The van der Waals surface area contributed by atoms with Crippen LogP contribution in [0.3, 0.4) is 0 Å². The molecule has 92 valence electrons. The molecule has 2 rings (SSSR count). The van der Waals surface area contributed by atoms with E-state index in [0.717, 1.165) is 11.5 Å². The minimum atomic E-state index is -0.721. The molecule has 2 heteroatoms. The first-order chi connectivity index (χ1) is 8.25. The average Bonchev–Trinajstić information content (AvgIpc) is 2.38. The molecule has 0 spiro atoms. The van der Waals surface area contributed by atoms with Gasteiger partial charge in [0, 0.05) is 6.42 Å². The van der Waals surface area contributed by atoms with Crippen molar-refractivity contribution in [2.75, 3.05) is 0 Å². The lowest BCUT2D eigenvalue weighted by molar-refractivity contribution is -0.136. The lowest BCUT2D eigenvalue weighted by Crippen LogP contribution is -2.04. The van der Waals surface area contributed by atoms with E-state index in [4.69, 9.17) is 5.11 Å². The maximum atomic E-state index is 10.5. The van der Waals surface area contributed by atoms with Gasteiger partial charge in [0.1, 0.15) is 0 Å². The molecule has 1 aromatic rings. The number of benzene rings is 1. The second-order valence-electron chi connectivity index (χ2n) is 4.97. The first-order valence-corrected chi connectivity index (χ1v) is 6.56. The van der Waals surface area contributed by atoms with Gasteiger partial charge in [-0.25, -0.2) is 0 Å². The maximum absolute atomic E-state index is 10.5. The van der Waals surface area contributed by atoms with Gasteiger partial charge in [0.25, 0.3) is 0 Å². The first-order valence-electron chi connectivity index (χ1n) is 6.56. The molecular weight excluding hydrogens is 212 g/mol. The summed E-state index contributed by atoms with van der Waals surface area (Å²) in [6.07, 6.45) is 7.58. The van der Waals surface area contributed by atoms with Crippen LogP contribution in [0.5, 0.6) is 0 Å². The fourth-order valence-corrected chi connectivity index (χ4v) is 2.64. The van der Waals surface area contributed by atoms with Crippen LogP contribution < -0.4 is 0 Å². The Bertz CT molecular complexity index is 361. The highest BCUT2D eigenvalue weighted by Gasteiger charge is 2.14. The summed E-state index contributed by atoms with van der Waals surface area (Å²) in [5, 5.41) is 8.63. The Balaban J connectivity index is 1.94. The highest BCUT2D eigenvalue weighted by atomic mass is 16.4. The van der Waals surface area contributed by atoms with Crippen molar-refractivity contribution >= 4 is 5.97 Å². The fraction of sp³-hybridized carbons (Fsp3) is 0.533. The van der Waals surface area contributed by atoms with Crippen LogP contribution in [0.25, 0.3) is 0 Å². The van der Waals surface area contributed by atoms with Gasteiger partial charge in [-0.2, -0.15) is 0 Å². The van der Waals surface area contributed by atoms with Gasteiger partial charge >= 0.3 is 5.97 Å². The van der Waals surface area contributed by atoms with Crippen molar-refractivity contribution in [2.45, 2.75) is 50.9 Å². The number of carbonyl (C=O) groups is 1. The molecule has 0 amide bonds. The van der Waals surface area contributed by atoms with Crippen molar-refractivity contribution in [1.82, 2.24) is 0 Å². The van der Waals surface area contributed by atoms with Crippen LogP contribution in [0.1, 0.15) is 55.6 Å². The Hall–Kier alpha value is -1.31. The highest BCUT2D eigenvalue weighted by Crippen LogP contribution is 2.32. The Morgan fingerprint density at radius 2 is 1.76 bits per heavy atom. The summed E-state index contributed by atoms with van der Waals surface area (Å²) in [6.45, 7) is 0. The van der Waals surface area contributed by atoms with Crippen LogP contribution in [0.15, 0.2) is 24.3 Å². The van der Waals surface area contributed by atoms with Crippen LogP contribution in [0, 0.1) is 0 Å². The van der Waals surface area contributed by atoms with E-state index in [1.165, 1.54) is 37.7 Å². The zero-order chi connectivity index (χ0) is 12.1. The second kappa shape index (κ2) is 5.85. The molecule has 1 N–H and O–H groups in total. The van der Waals surface area contributed by atoms with Crippen molar-refractivity contribution < 1.29 is 9.90 Å². The molecule has 0 heterocycles. The third-order valence-corrected chi connectivity index (χ3v) is 3.68. The lowest BCUT2D eigenvalue weighted by Gasteiger charge is -2.22. The quantitative estimate of drug-likeness (QED) is 0.858. The number of hydrogen-bond donors (Lipinski definition) is 1. The normalized spacial score (nSPS) is 16.9. The van der Waals surface area contributed by atoms with E-state index in [1.807, 2.05) is 0 Å². The van der Waals surface area contributed by atoms with E-state index < -0.39 is 5.97 Å². The summed E-state index contributed by atoms with van der Waals surface area (Å²) in [7, 11) is 0. The smallest absolute Gasteiger partial charge is 0.303 e.